The number of carbonyl (C=O) groups is 1. The molecule has 3 rings (SSSR count). The second-order valence-corrected chi connectivity index (χ2v) is 7.21. The number of rotatable bonds is 7. The highest BCUT2D eigenvalue weighted by Crippen LogP contribution is 2.18. The minimum Gasteiger partial charge on any atom is -0.360 e. The van der Waals surface area contributed by atoms with Gasteiger partial charge in [0.25, 0.3) is 5.91 Å². The molecule has 1 aliphatic rings. The molecule has 2 aromatic rings. The minimum absolute atomic E-state index is 0.0867. The summed E-state index contributed by atoms with van der Waals surface area (Å²) in [7, 11) is 0. The lowest BCUT2D eigenvalue weighted by atomic mass is 10.0. The van der Waals surface area contributed by atoms with Crippen LogP contribution in [0, 0.1) is 5.82 Å². The zero-order chi connectivity index (χ0) is 19.1. The number of benzene rings is 2. The number of nitrogens with one attached hydrogen (secondary N) is 2. The largest absolute Gasteiger partial charge is 0.360 e. The normalized spacial score (nSPS) is 16.1. The van der Waals surface area contributed by atoms with E-state index in [1.165, 1.54) is 22.6 Å². The van der Waals surface area contributed by atoms with Crippen molar-refractivity contribution < 1.29 is 14.1 Å². The summed E-state index contributed by atoms with van der Waals surface area (Å²) in [6.07, 6.45) is 1.98. The lowest BCUT2D eigenvalue weighted by molar-refractivity contribution is -0.892. The molecule has 0 saturated carbocycles. The fourth-order valence-electron chi connectivity index (χ4n) is 3.68. The van der Waals surface area contributed by atoms with Gasteiger partial charge in [-0.2, -0.15) is 0 Å². The molecule has 4 nitrogen and oxygen atoms in total. The molecule has 0 radical (unpaired) electrons. The van der Waals surface area contributed by atoms with E-state index < -0.39 is 0 Å². The average molecular weight is 370 g/mol. The molecule has 1 saturated heterocycles. The Balaban J connectivity index is 1.49. The molecule has 0 aromatic heterocycles. The Hall–Kier alpha value is -2.40. The fraction of sp³-hybridized carbons (Fsp3) is 0.409. The van der Waals surface area contributed by atoms with Crippen LogP contribution in [0.15, 0.2) is 54.6 Å². The van der Waals surface area contributed by atoms with Gasteiger partial charge in [0.15, 0.2) is 6.54 Å². The molecule has 2 N–H and O–H groups in total. The van der Waals surface area contributed by atoms with Crippen molar-refractivity contribution in [1.29, 1.82) is 0 Å². The number of quaternary nitrogens is 1. The number of piperazine rings is 1. The average Bonchev–Trinajstić information content (AvgIpc) is 2.70. The summed E-state index contributed by atoms with van der Waals surface area (Å²) in [5.74, 6) is -0.0951. The number of carbonyl (C=O) groups excluding carboxylic acids is 1. The van der Waals surface area contributed by atoms with Crippen LogP contribution in [0.4, 0.5) is 10.1 Å². The van der Waals surface area contributed by atoms with E-state index in [4.69, 9.17) is 0 Å². The number of hydrogen-bond donors (Lipinski definition) is 2. The maximum Gasteiger partial charge on any atom is 0.275 e. The van der Waals surface area contributed by atoms with Gasteiger partial charge in [0.05, 0.1) is 32.2 Å². The molecule has 0 unspecified atom stereocenters. The third kappa shape index (κ3) is 5.54. The molecule has 1 aliphatic heterocycles. The van der Waals surface area contributed by atoms with E-state index >= 15 is 0 Å². The Labute approximate surface area is 161 Å². The van der Waals surface area contributed by atoms with Crippen LogP contribution in [-0.4, -0.2) is 38.6 Å². The van der Waals surface area contributed by atoms with Crippen LogP contribution in [0.5, 0.6) is 0 Å². The Bertz CT molecular complexity index is 712. The number of hydrogen-bond acceptors (Lipinski definition) is 2. The van der Waals surface area contributed by atoms with Gasteiger partial charge in [0.1, 0.15) is 5.82 Å². The second kappa shape index (κ2) is 9.51. The van der Waals surface area contributed by atoms with Crippen molar-refractivity contribution in [2.45, 2.75) is 25.8 Å². The van der Waals surface area contributed by atoms with Crippen LogP contribution < -0.4 is 15.1 Å². The highest BCUT2D eigenvalue weighted by molar-refractivity contribution is 5.77. The van der Waals surface area contributed by atoms with Gasteiger partial charge >= 0.3 is 0 Å². The van der Waals surface area contributed by atoms with Gasteiger partial charge < -0.3 is 15.1 Å². The molecule has 2 aromatic carbocycles. The van der Waals surface area contributed by atoms with E-state index in [0.29, 0.717) is 6.54 Å². The molecule has 0 bridgehead atoms. The van der Waals surface area contributed by atoms with Crippen molar-refractivity contribution in [3.8, 4) is 0 Å². The first kappa shape index (κ1) is 19.4. The first-order valence-electron chi connectivity index (χ1n) is 9.84. The molecule has 1 heterocycles. The Kier molecular flexibility index (Phi) is 6.82. The zero-order valence-electron chi connectivity index (χ0n) is 16.0. The first-order valence-corrected chi connectivity index (χ1v) is 9.84. The molecule has 1 fully saturated rings. The molecule has 1 amide bonds. The van der Waals surface area contributed by atoms with Crippen molar-refractivity contribution >= 4 is 11.6 Å². The molecule has 0 aliphatic carbocycles. The lowest BCUT2D eigenvalue weighted by Crippen LogP contribution is -3.16. The zero-order valence-corrected chi connectivity index (χ0v) is 16.0. The number of amides is 1. The predicted molar refractivity (Wildman–Crippen MR) is 106 cm³/mol. The number of anilines is 1. The van der Waals surface area contributed by atoms with Gasteiger partial charge in [0, 0.05) is 5.69 Å². The molecule has 144 valence electrons. The van der Waals surface area contributed by atoms with Crippen molar-refractivity contribution in [2.24, 2.45) is 0 Å². The number of nitrogens with zero attached hydrogens (tertiary/aromatic N) is 1. The van der Waals surface area contributed by atoms with Crippen molar-refractivity contribution in [1.82, 2.24) is 5.32 Å². The standard InChI is InChI=1S/C22H28FN3O/c1-2-6-21(18-7-4-3-5-8-18)24-22(27)17-25-13-15-26(16-14-25)20-11-9-19(23)10-12-20/h3-5,7-12,21H,2,6,13-17H2,1H3,(H,24,27)/p+1/t21-/m0/s1. The van der Waals surface area contributed by atoms with Crippen LogP contribution in [0.3, 0.4) is 0 Å². The van der Waals surface area contributed by atoms with Crippen LogP contribution >= 0.6 is 0 Å². The van der Waals surface area contributed by atoms with Gasteiger partial charge in [0.2, 0.25) is 0 Å². The Morgan fingerprint density at radius 1 is 1.11 bits per heavy atom. The monoisotopic (exact) mass is 370 g/mol. The maximum absolute atomic E-state index is 13.1. The predicted octanol–water partition coefficient (Wildman–Crippen LogP) is 2.19. The molecule has 1 atom stereocenters. The van der Waals surface area contributed by atoms with Crippen LogP contribution in [0.1, 0.15) is 31.4 Å². The summed E-state index contributed by atoms with van der Waals surface area (Å²) >= 11 is 0. The summed E-state index contributed by atoms with van der Waals surface area (Å²) < 4.78 is 13.1. The molecule has 27 heavy (non-hydrogen) atoms. The van der Waals surface area contributed by atoms with Gasteiger partial charge in [-0.05, 0) is 36.2 Å². The summed E-state index contributed by atoms with van der Waals surface area (Å²) in [6, 6.07) is 16.9. The van der Waals surface area contributed by atoms with Gasteiger partial charge in [-0.1, -0.05) is 43.7 Å². The SMILES string of the molecule is CCC[C@H](NC(=O)C[NH+]1CCN(c2ccc(F)cc2)CC1)c1ccccc1. The van der Waals surface area contributed by atoms with E-state index in [0.717, 1.165) is 44.7 Å². The fourth-order valence-corrected chi connectivity index (χ4v) is 3.68. The molecule has 5 heteroatoms. The van der Waals surface area contributed by atoms with Crippen molar-refractivity contribution in [2.75, 3.05) is 37.6 Å². The first-order chi connectivity index (χ1) is 13.2. The highest BCUT2D eigenvalue weighted by Gasteiger charge is 2.23. The van der Waals surface area contributed by atoms with Gasteiger partial charge in [-0.15, -0.1) is 0 Å². The Morgan fingerprint density at radius 3 is 2.41 bits per heavy atom. The van der Waals surface area contributed by atoms with Crippen molar-refractivity contribution in [3.63, 3.8) is 0 Å². The Morgan fingerprint density at radius 2 is 1.78 bits per heavy atom. The topological polar surface area (TPSA) is 36.8 Å². The quantitative estimate of drug-likeness (QED) is 0.784. The summed E-state index contributed by atoms with van der Waals surface area (Å²) in [5, 5.41) is 3.22. The van der Waals surface area contributed by atoms with E-state index in [1.807, 2.05) is 30.3 Å². The maximum atomic E-state index is 13.1. The van der Waals surface area contributed by atoms with Gasteiger partial charge in [-0.25, -0.2) is 4.39 Å². The second-order valence-electron chi connectivity index (χ2n) is 7.21. The van der Waals surface area contributed by atoms with Gasteiger partial charge in [-0.3, -0.25) is 4.79 Å². The van der Waals surface area contributed by atoms with E-state index in [9.17, 15) is 9.18 Å². The summed E-state index contributed by atoms with van der Waals surface area (Å²) in [5.41, 5.74) is 2.22. The van der Waals surface area contributed by atoms with Crippen molar-refractivity contribution in [3.05, 3.63) is 66.0 Å². The minimum atomic E-state index is -0.209. The molecular weight excluding hydrogens is 341 g/mol. The van der Waals surface area contributed by atoms with Crippen LogP contribution in [-0.2, 0) is 4.79 Å². The summed E-state index contributed by atoms with van der Waals surface area (Å²) in [6.45, 7) is 6.23. The van der Waals surface area contributed by atoms with Crippen LogP contribution in [0.2, 0.25) is 0 Å². The smallest absolute Gasteiger partial charge is 0.275 e. The van der Waals surface area contributed by atoms with E-state index in [2.05, 4.69) is 29.3 Å². The third-order valence-electron chi connectivity index (χ3n) is 5.19. The number of halogens is 1. The molecule has 0 spiro atoms. The van der Waals surface area contributed by atoms with E-state index in [1.54, 1.807) is 0 Å². The highest BCUT2D eigenvalue weighted by atomic mass is 19.1. The molecular formula is C22H29FN3O+. The third-order valence-corrected chi connectivity index (χ3v) is 5.19. The lowest BCUT2D eigenvalue weighted by Gasteiger charge is -2.33. The van der Waals surface area contributed by atoms with Crippen LogP contribution in [0.25, 0.3) is 0 Å². The van der Waals surface area contributed by atoms with E-state index in [-0.39, 0.29) is 17.8 Å². The summed E-state index contributed by atoms with van der Waals surface area (Å²) in [4.78, 5) is 16.1.